The number of para-hydroxylation sites is 1. The number of hydrogen-bond donors (Lipinski definition) is 1. The Balaban J connectivity index is 1.42. The van der Waals surface area contributed by atoms with E-state index in [0.717, 1.165) is 30.2 Å². The summed E-state index contributed by atoms with van der Waals surface area (Å²) in [5, 5.41) is 12.7. The molecular formula is C26H33N5O2S. The first kappa shape index (κ1) is 24.4. The van der Waals surface area contributed by atoms with Crippen molar-refractivity contribution >= 4 is 17.7 Å². The molecule has 2 atom stereocenters. The van der Waals surface area contributed by atoms with Crippen molar-refractivity contribution in [1.29, 1.82) is 0 Å². The highest BCUT2D eigenvalue weighted by Crippen LogP contribution is 2.28. The van der Waals surface area contributed by atoms with Gasteiger partial charge in [0.2, 0.25) is 5.91 Å². The van der Waals surface area contributed by atoms with Crippen molar-refractivity contribution in [2.45, 2.75) is 50.6 Å². The second kappa shape index (κ2) is 10.7. The number of nitrogens with one attached hydrogen (secondary N) is 1. The van der Waals surface area contributed by atoms with Gasteiger partial charge in [0.05, 0.1) is 18.0 Å². The average Bonchev–Trinajstić information content (AvgIpc) is 3.26. The molecule has 1 aliphatic heterocycles. The minimum absolute atomic E-state index is 0.0173. The number of nitrogens with zero attached hydrogens (tertiary/aromatic N) is 4. The quantitative estimate of drug-likeness (QED) is 0.492. The molecule has 8 heteroatoms. The lowest BCUT2D eigenvalue weighted by Gasteiger charge is -2.45. The molecule has 0 saturated carbocycles. The van der Waals surface area contributed by atoms with Gasteiger partial charge in [-0.3, -0.25) is 14.3 Å². The van der Waals surface area contributed by atoms with Crippen LogP contribution in [0.3, 0.4) is 0 Å². The fraction of sp³-hybridized carbons (Fsp3) is 0.423. The maximum atomic E-state index is 12.8. The molecule has 34 heavy (non-hydrogen) atoms. The highest BCUT2D eigenvalue weighted by atomic mass is 32.2. The summed E-state index contributed by atoms with van der Waals surface area (Å²) < 4.78 is 7.87. The van der Waals surface area contributed by atoms with Crippen LogP contribution in [0, 0.1) is 0 Å². The zero-order valence-electron chi connectivity index (χ0n) is 20.3. The Hall–Kier alpha value is -2.68. The molecule has 0 spiro atoms. The van der Waals surface area contributed by atoms with E-state index in [1.807, 2.05) is 65.2 Å². The Kier molecular flexibility index (Phi) is 7.70. The van der Waals surface area contributed by atoms with Gasteiger partial charge in [-0.05, 0) is 39.8 Å². The highest BCUT2D eigenvalue weighted by Gasteiger charge is 2.33. The summed E-state index contributed by atoms with van der Waals surface area (Å²) in [6, 6.07) is 20.0. The summed E-state index contributed by atoms with van der Waals surface area (Å²) >= 11 is 1.40. The van der Waals surface area contributed by atoms with Gasteiger partial charge in [-0.1, -0.05) is 60.3 Å². The second-order valence-electron chi connectivity index (χ2n) is 9.38. The van der Waals surface area contributed by atoms with Gasteiger partial charge in [-0.2, -0.15) is 0 Å². The first-order valence-electron chi connectivity index (χ1n) is 11.7. The smallest absolute Gasteiger partial charge is 0.230 e. The molecule has 2 heterocycles. The number of benzene rings is 2. The van der Waals surface area contributed by atoms with Gasteiger partial charge < -0.3 is 10.1 Å². The summed E-state index contributed by atoms with van der Waals surface area (Å²) in [6.45, 7) is 10.8. The third-order valence-electron chi connectivity index (χ3n) is 6.01. The second-order valence-corrected chi connectivity index (χ2v) is 10.3. The van der Waals surface area contributed by atoms with Crippen molar-refractivity contribution in [1.82, 2.24) is 25.0 Å². The molecule has 4 rings (SSSR count). The van der Waals surface area contributed by atoms with Crippen molar-refractivity contribution in [3.63, 3.8) is 0 Å². The molecule has 0 radical (unpaired) electrons. The number of hydrogen-bond acceptors (Lipinski definition) is 6. The SMILES string of the molecule is CC1CN(C(C)(C)CNC(=O)CSc2nnc(-c3ccccc3)n2-c2ccccc2)CC(C)O1. The van der Waals surface area contributed by atoms with Crippen molar-refractivity contribution in [2.75, 3.05) is 25.4 Å². The third kappa shape index (κ3) is 5.87. The van der Waals surface area contributed by atoms with Crippen LogP contribution in [-0.4, -0.2) is 68.7 Å². The molecule has 180 valence electrons. The Labute approximate surface area is 205 Å². The Bertz CT molecular complexity index is 1080. The van der Waals surface area contributed by atoms with E-state index in [4.69, 9.17) is 4.74 Å². The van der Waals surface area contributed by atoms with Crippen molar-refractivity contribution in [3.05, 3.63) is 60.7 Å². The van der Waals surface area contributed by atoms with Gasteiger partial charge in [0.1, 0.15) is 0 Å². The van der Waals surface area contributed by atoms with E-state index in [9.17, 15) is 4.79 Å². The molecule has 2 aromatic carbocycles. The summed E-state index contributed by atoms with van der Waals surface area (Å²) in [5.74, 6) is 1.01. The number of carbonyl (C=O) groups excluding carboxylic acids is 1. The molecule has 1 saturated heterocycles. The maximum absolute atomic E-state index is 12.8. The first-order valence-corrected chi connectivity index (χ1v) is 12.7. The lowest BCUT2D eigenvalue weighted by atomic mass is 10.00. The molecule has 2 unspecified atom stereocenters. The number of morpholine rings is 1. The van der Waals surface area contributed by atoms with Crippen molar-refractivity contribution in [3.8, 4) is 17.1 Å². The lowest BCUT2D eigenvalue weighted by Crippen LogP contribution is -2.58. The van der Waals surface area contributed by atoms with Crippen LogP contribution in [0.2, 0.25) is 0 Å². The molecule has 3 aromatic rings. The topological polar surface area (TPSA) is 72.3 Å². The molecular weight excluding hydrogens is 446 g/mol. The monoisotopic (exact) mass is 479 g/mol. The molecule has 0 bridgehead atoms. The third-order valence-corrected chi connectivity index (χ3v) is 6.93. The molecule has 7 nitrogen and oxygen atoms in total. The Morgan fingerprint density at radius 1 is 1.03 bits per heavy atom. The number of thioether (sulfide) groups is 1. The average molecular weight is 480 g/mol. The molecule has 0 aliphatic carbocycles. The fourth-order valence-electron chi connectivity index (χ4n) is 4.23. The van der Waals surface area contributed by atoms with Crippen LogP contribution in [0.4, 0.5) is 0 Å². The van der Waals surface area contributed by atoms with Gasteiger partial charge in [0, 0.05) is 36.4 Å². The standard InChI is InChI=1S/C26H33N5O2S/c1-19-15-30(16-20(2)33-19)26(3,4)18-27-23(32)17-34-25-29-28-24(21-11-7-5-8-12-21)31(25)22-13-9-6-10-14-22/h5-14,19-20H,15-18H2,1-4H3,(H,27,32). The van der Waals surface area contributed by atoms with E-state index >= 15 is 0 Å². The first-order chi connectivity index (χ1) is 16.3. The van der Waals surface area contributed by atoms with Gasteiger partial charge in [-0.15, -0.1) is 10.2 Å². The number of rotatable bonds is 8. The molecule has 1 aromatic heterocycles. The minimum atomic E-state index is -0.156. The van der Waals surface area contributed by atoms with Crippen LogP contribution in [0.5, 0.6) is 0 Å². The lowest BCUT2D eigenvalue weighted by molar-refractivity contribution is -0.120. The van der Waals surface area contributed by atoms with E-state index in [-0.39, 0.29) is 29.4 Å². The Morgan fingerprint density at radius 3 is 2.29 bits per heavy atom. The molecule has 1 amide bonds. The number of ether oxygens (including phenoxy) is 1. The van der Waals surface area contributed by atoms with Crippen LogP contribution in [0.25, 0.3) is 17.1 Å². The zero-order valence-corrected chi connectivity index (χ0v) is 21.1. The van der Waals surface area contributed by atoms with Gasteiger partial charge in [0.25, 0.3) is 0 Å². The van der Waals surface area contributed by atoms with Crippen LogP contribution in [-0.2, 0) is 9.53 Å². The van der Waals surface area contributed by atoms with Crippen LogP contribution in [0.1, 0.15) is 27.7 Å². The predicted molar refractivity (Wildman–Crippen MR) is 136 cm³/mol. The van der Waals surface area contributed by atoms with Gasteiger partial charge in [-0.25, -0.2) is 0 Å². The minimum Gasteiger partial charge on any atom is -0.373 e. The summed E-state index contributed by atoms with van der Waals surface area (Å²) in [7, 11) is 0. The molecule has 1 fully saturated rings. The van der Waals surface area contributed by atoms with Crippen LogP contribution >= 0.6 is 11.8 Å². The van der Waals surface area contributed by atoms with Gasteiger partial charge >= 0.3 is 0 Å². The summed E-state index contributed by atoms with van der Waals surface area (Å²) in [5.41, 5.74) is 1.79. The largest absolute Gasteiger partial charge is 0.373 e. The summed E-state index contributed by atoms with van der Waals surface area (Å²) in [6.07, 6.45) is 0.384. The summed E-state index contributed by atoms with van der Waals surface area (Å²) in [4.78, 5) is 15.2. The van der Waals surface area contributed by atoms with E-state index in [1.54, 1.807) is 0 Å². The van der Waals surface area contributed by atoms with Gasteiger partial charge in [0.15, 0.2) is 11.0 Å². The highest BCUT2D eigenvalue weighted by molar-refractivity contribution is 7.99. The number of carbonyl (C=O) groups is 1. The molecule has 1 aliphatic rings. The Morgan fingerprint density at radius 2 is 1.65 bits per heavy atom. The normalized spacial score (nSPS) is 19.2. The fourth-order valence-corrected chi connectivity index (χ4v) is 5.01. The van der Waals surface area contributed by atoms with Crippen LogP contribution in [0.15, 0.2) is 65.8 Å². The van der Waals surface area contributed by atoms with Crippen LogP contribution < -0.4 is 5.32 Å². The maximum Gasteiger partial charge on any atom is 0.230 e. The van der Waals surface area contributed by atoms with Crippen molar-refractivity contribution < 1.29 is 9.53 Å². The zero-order chi connectivity index (χ0) is 24.1. The van der Waals surface area contributed by atoms with E-state index < -0.39 is 0 Å². The van der Waals surface area contributed by atoms with Crippen molar-refractivity contribution in [2.24, 2.45) is 0 Å². The number of aromatic nitrogens is 3. The number of amides is 1. The van der Waals surface area contributed by atoms with E-state index in [2.05, 4.69) is 48.1 Å². The van der Waals surface area contributed by atoms with E-state index in [1.165, 1.54) is 11.8 Å². The predicted octanol–water partition coefficient (Wildman–Crippen LogP) is 4.03. The molecule has 1 N–H and O–H groups in total. The van der Waals surface area contributed by atoms with E-state index in [0.29, 0.717) is 11.7 Å².